The molecule has 1 atom stereocenters. The van der Waals surface area contributed by atoms with E-state index < -0.39 is 19.1 Å². The lowest BCUT2D eigenvalue weighted by molar-refractivity contribution is 0.277. The van der Waals surface area contributed by atoms with Gasteiger partial charge in [-0.15, -0.1) is 0 Å². The minimum absolute atomic E-state index is 0.185. The third-order valence-corrected chi connectivity index (χ3v) is 12.1. The van der Waals surface area contributed by atoms with Crippen molar-refractivity contribution in [1.29, 1.82) is 0 Å². The molecule has 0 aliphatic carbocycles. The lowest BCUT2D eigenvalue weighted by atomic mass is 10.1. The Kier molecular flexibility index (Phi) is 17.1. The van der Waals surface area contributed by atoms with E-state index in [2.05, 4.69) is 33.9 Å². The molecule has 5 heteroatoms. The zero-order valence-electron chi connectivity index (χ0n) is 19.6. The van der Waals surface area contributed by atoms with E-state index in [1.54, 1.807) is 0 Å². The summed E-state index contributed by atoms with van der Waals surface area (Å²) in [4.78, 5) is 0. The fourth-order valence-electron chi connectivity index (χ4n) is 2.96. The van der Waals surface area contributed by atoms with Crippen molar-refractivity contribution < 1.29 is 13.0 Å². The number of unbranched alkanes of at least 4 members (excludes halogenated alkanes) is 11. The first-order valence-electron chi connectivity index (χ1n) is 11.8. The van der Waals surface area contributed by atoms with Gasteiger partial charge in [0, 0.05) is 28.9 Å². The van der Waals surface area contributed by atoms with Crippen LogP contribution in [0.4, 0.5) is 4.39 Å². The third-order valence-electron chi connectivity index (χ3n) is 6.04. The Morgan fingerprint density at radius 2 is 1.11 bits per heavy atom. The van der Waals surface area contributed by atoms with Crippen molar-refractivity contribution >= 4 is 19.1 Å². The summed E-state index contributed by atoms with van der Waals surface area (Å²) in [6, 6.07) is 0. The Morgan fingerprint density at radius 1 is 0.714 bits per heavy atom. The molecule has 28 heavy (non-hydrogen) atoms. The summed E-state index contributed by atoms with van der Waals surface area (Å²) < 4.78 is 30.2. The Bertz CT molecular complexity index is 383. The molecule has 0 saturated carbocycles. The first-order valence-corrected chi connectivity index (χ1v) is 16.2. The van der Waals surface area contributed by atoms with E-state index in [9.17, 15) is 8.60 Å². The highest BCUT2D eigenvalue weighted by atomic mass is 32.2. The lowest BCUT2D eigenvalue weighted by Crippen LogP contribution is -2.40. The van der Waals surface area contributed by atoms with Gasteiger partial charge in [-0.1, -0.05) is 78.6 Å². The van der Waals surface area contributed by atoms with Crippen LogP contribution in [-0.4, -0.2) is 37.3 Å². The molecule has 0 N–H and O–H groups in total. The maximum Gasteiger partial charge on any atom is 0.191 e. The highest BCUT2D eigenvalue weighted by Gasteiger charge is 2.36. The second-order valence-electron chi connectivity index (χ2n) is 9.74. The molecule has 0 spiro atoms. The summed E-state index contributed by atoms with van der Waals surface area (Å²) in [6.07, 6.45) is 14.9. The SMILES string of the molecule is CC(C)(C)[Si](C)(C)OCCCCCCCCC[S@](=O)CCCCCCCCF. The molecule has 0 rings (SSSR count). The first kappa shape index (κ1) is 28.3. The van der Waals surface area contributed by atoms with Crippen LogP contribution in [-0.2, 0) is 15.2 Å². The van der Waals surface area contributed by atoms with Crippen LogP contribution in [0.15, 0.2) is 0 Å². The van der Waals surface area contributed by atoms with Crippen molar-refractivity contribution in [3.05, 3.63) is 0 Å². The largest absolute Gasteiger partial charge is 0.417 e. The van der Waals surface area contributed by atoms with Crippen molar-refractivity contribution in [2.45, 2.75) is 122 Å². The van der Waals surface area contributed by atoms with Gasteiger partial charge < -0.3 is 4.43 Å². The zero-order valence-corrected chi connectivity index (χ0v) is 21.4. The number of hydrogen-bond donors (Lipinski definition) is 0. The van der Waals surface area contributed by atoms with E-state index in [4.69, 9.17) is 4.43 Å². The van der Waals surface area contributed by atoms with Gasteiger partial charge in [-0.2, -0.15) is 0 Å². The molecule has 0 aliphatic heterocycles. The molecule has 0 aromatic rings. The summed E-state index contributed by atoms with van der Waals surface area (Å²) >= 11 is 0. The van der Waals surface area contributed by atoms with Gasteiger partial charge >= 0.3 is 0 Å². The minimum atomic E-state index is -1.56. The molecule has 0 unspecified atom stereocenters. The molecular formula is C23H49FO2SSi. The maximum atomic E-state index is 12.0. The van der Waals surface area contributed by atoms with Crippen LogP contribution < -0.4 is 0 Å². The van der Waals surface area contributed by atoms with Crippen molar-refractivity contribution in [3.63, 3.8) is 0 Å². The average Bonchev–Trinajstić information content (AvgIpc) is 2.61. The fourth-order valence-corrected chi connectivity index (χ4v) is 5.30. The maximum absolute atomic E-state index is 12.0. The average molecular weight is 437 g/mol. The second kappa shape index (κ2) is 17.0. The van der Waals surface area contributed by atoms with E-state index >= 15 is 0 Å². The van der Waals surface area contributed by atoms with Gasteiger partial charge in [-0.25, -0.2) is 0 Å². The highest BCUT2D eigenvalue weighted by molar-refractivity contribution is 7.84. The van der Waals surface area contributed by atoms with Crippen LogP contribution in [0.2, 0.25) is 18.1 Å². The number of rotatable bonds is 19. The number of alkyl halides is 1. The minimum Gasteiger partial charge on any atom is -0.417 e. The van der Waals surface area contributed by atoms with E-state index in [1.807, 2.05) is 0 Å². The van der Waals surface area contributed by atoms with Crippen LogP contribution in [0.3, 0.4) is 0 Å². The van der Waals surface area contributed by atoms with E-state index in [0.29, 0.717) is 11.5 Å². The predicted molar refractivity (Wildman–Crippen MR) is 127 cm³/mol. The first-order chi connectivity index (χ1) is 13.2. The Hall–Kier alpha value is 0.257. The molecule has 0 aromatic carbocycles. The molecule has 0 fully saturated rings. The number of halogens is 1. The Labute approximate surface area is 179 Å². The Balaban J connectivity index is 3.36. The van der Waals surface area contributed by atoms with Gasteiger partial charge in [0.2, 0.25) is 0 Å². The summed E-state index contributed by atoms with van der Waals surface area (Å²) in [5.41, 5.74) is 0. The molecular weight excluding hydrogens is 387 g/mol. The van der Waals surface area contributed by atoms with Crippen molar-refractivity contribution in [1.82, 2.24) is 0 Å². The third kappa shape index (κ3) is 16.1. The van der Waals surface area contributed by atoms with Crippen LogP contribution in [0, 0.1) is 0 Å². The summed E-state index contributed by atoms with van der Waals surface area (Å²) in [6.45, 7) is 12.3. The Morgan fingerprint density at radius 3 is 1.54 bits per heavy atom. The summed E-state index contributed by atoms with van der Waals surface area (Å²) in [5.74, 6) is 1.74. The van der Waals surface area contributed by atoms with E-state index in [1.165, 1.54) is 38.5 Å². The van der Waals surface area contributed by atoms with Gasteiger partial charge in [-0.3, -0.25) is 8.60 Å². The van der Waals surface area contributed by atoms with Crippen molar-refractivity contribution in [3.8, 4) is 0 Å². The monoisotopic (exact) mass is 436 g/mol. The van der Waals surface area contributed by atoms with Gasteiger partial charge in [0.05, 0.1) is 6.67 Å². The summed E-state index contributed by atoms with van der Waals surface area (Å²) in [5, 5.41) is 0.309. The predicted octanol–water partition coefficient (Wildman–Crippen LogP) is 7.80. The van der Waals surface area contributed by atoms with Gasteiger partial charge in [0.15, 0.2) is 8.32 Å². The molecule has 170 valence electrons. The normalized spacial score (nSPS) is 13.8. The zero-order chi connectivity index (χ0) is 21.3. The fraction of sp³-hybridized carbons (Fsp3) is 1.00. The quantitative estimate of drug-likeness (QED) is 0.152. The topological polar surface area (TPSA) is 26.3 Å². The van der Waals surface area contributed by atoms with Crippen molar-refractivity contribution in [2.24, 2.45) is 0 Å². The second-order valence-corrected chi connectivity index (χ2v) is 16.2. The number of hydrogen-bond acceptors (Lipinski definition) is 2. The standard InChI is InChI=1S/C23H49FO2SSi/c1-23(2,3)28(4,5)26-20-16-12-8-6-9-13-17-21-27(25)22-18-14-10-7-11-15-19-24/h6-22H2,1-5H3/t27-/m0/s1. The molecule has 0 heterocycles. The van der Waals surface area contributed by atoms with Gasteiger partial charge in [-0.05, 0) is 43.8 Å². The van der Waals surface area contributed by atoms with Crippen LogP contribution >= 0.6 is 0 Å². The van der Waals surface area contributed by atoms with Crippen molar-refractivity contribution in [2.75, 3.05) is 24.8 Å². The molecule has 0 aliphatic rings. The molecule has 0 radical (unpaired) electrons. The molecule has 2 nitrogen and oxygen atoms in total. The highest BCUT2D eigenvalue weighted by Crippen LogP contribution is 2.36. The van der Waals surface area contributed by atoms with Crippen LogP contribution in [0.5, 0.6) is 0 Å². The summed E-state index contributed by atoms with van der Waals surface area (Å²) in [7, 11) is -2.19. The smallest absolute Gasteiger partial charge is 0.191 e. The molecule has 0 bridgehead atoms. The molecule has 0 aromatic heterocycles. The lowest BCUT2D eigenvalue weighted by Gasteiger charge is -2.36. The molecule has 0 amide bonds. The van der Waals surface area contributed by atoms with Crippen LogP contribution in [0.1, 0.15) is 104 Å². The van der Waals surface area contributed by atoms with E-state index in [0.717, 1.165) is 56.6 Å². The van der Waals surface area contributed by atoms with E-state index in [-0.39, 0.29) is 6.67 Å². The van der Waals surface area contributed by atoms with Gasteiger partial charge in [0.1, 0.15) is 0 Å². The molecule has 0 saturated heterocycles. The van der Waals surface area contributed by atoms with Crippen LogP contribution in [0.25, 0.3) is 0 Å². The van der Waals surface area contributed by atoms with Gasteiger partial charge in [0.25, 0.3) is 0 Å².